The summed E-state index contributed by atoms with van der Waals surface area (Å²) < 4.78 is 0. The molecule has 0 unspecified atom stereocenters. The topological polar surface area (TPSA) is 49.4 Å². The van der Waals surface area contributed by atoms with Crippen LogP contribution in [0.2, 0.25) is 5.02 Å². The lowest BCUT2D eigenvalue weighted by molar-refractivity contribution is -0.137. The summed E-state index contributed by atoms with van der Waals surface area (Å²) in [7, 11) is 0. The Morgan fingerprint density at radius 3 is 2.35 bits per heavy atom. The van der Waals surface area contributed by atoms with Gasteiger partial charge in [0.15, 0.2) is 0 Å². The molecule has 2 aromatic carbocycles. The molecule has 0 atom stereocenters. The normalized spacial score (nSPS) is 14.6. The molecule has 0 saturated carbocycles. The van der Waals surface area contributed by atoms with E-state index in [0.29, 0.717) is 28.4 Å². The third-order valence-corrected chi connectivity index (χ3v) is 4.39. The van der Waals surface area contributed by atoms with Crippen molar-refractivity contribution in [1.82, 2.24) is 4.90 Å². The number of hydrogen-bond acceptors (Lipinski definition) is 3. The van der Waals surface area contributed by atoms with Crippen LogP contribution >= 0.6 is 11.6 Å². The summed E-state index contributed by atoms with van der Waals surface area (Å²) in [5.41, 5.74) is 3.21. The number of anilines is 1. The molecule has 0 fully saturated rings. The fraction of sp³-hybridized carbons (Fsp3) is 0.238. The molecule has 4 nitrogen and oxygen atoms in total. The number of nitrogens with zero attached hydrogens (tertiary/aromatic N) is 1. The number of carbonyl (C=O) groups is 2. The quantitative estimate of drug-likeness (QED) is 0.791. The lowest BCUT2D eigenvalue weighted by Gasteiger charge is -2.17. The highest BCUT2D eigenvalue weighted by Crippen LogP contribution is 2.31. The minimum Gasteiger partial charge on any atom is -0.350 e. The predicted molar refractivity (Wildman–Crippen MR) is 105 cm³/mol. The van der Waals surface area contributed by atoms with E-state index in [1.807, 2.05) is 45.0 Å². The molecule has 0 saturated heterocycles. The van der Waals surface area contributed by atoms with E-state index in [1.165, 1.54) is 4.90 Å². The zero-order valence-corrected chi connectivity index (χ0v) is 15.8. The predicted octanol–water partition coefficient (Wildman–Crippen LogP) is 4.50. The molecule has 2 amide bonds. The largest absolute Gasteiger partial charge is 0.350 e. The van der Waals surface area contributed by atoms with Gasteiger partial charge in [0, 0.05) is 17.3 Å². The fourth-order valence-corrected chi connectivity index (χ4v) is 3.10. The molecule has 0 aliphatic carbocycles. The van der Waals surface area contributed by atoms with Gasteiger partial charge in [-0.1, -0.05) is 49.7 Å². The van der Waals surface area contributed by atoms with E-state index in [0.717, 1.165) is 11.3 Å². The molecule has 3 rings (SSSR count). The van der Waals surface area contributed by atoms with Gasteiger partial charge in [0.25, 0.3) is 11.8 Å². The second kappa shape index (κ2) is 7.34. The van der Waals surface area contributed by atoms with Crippen LogP contribution in [0.4, 0.5) is 5.69 Å². The van der Waals surface area contributed by atoms with E-state index in [2.05, 4.69) is 5.32 Å². The first-order valence-electron chi connectivity index (χ1n) is 8.57. The van der Waals surface area contributed by atoms with E-state index >= 15 is 0 Å². The average Bonchev–Trinajstić information content (AvgIpc) is 2.80. The lowest BCUT2D eigenvalue weighted by Crippen LogP contribution is -2.35. The summed E-state index contributed by atoms with van der Waals surface area (Å²) in [5, 5.41) is 3.74. The van der Waals surface area contributed by atoms with Crippen molar-refractivity contribution < 1.29 is 9.59 Å². The van der Waals surface area contributed by atoms with Crippen LogP contribution in [0.1, 0.15) is 25.0 Å². The molecule has 0 bridgehead atoms. The zero-order valence-electron chi connectivity index (χ0n) is 15.0. The molecule has 134 valence electrons. The summed E-state index contributed by atoms with van der Waals surface area (Å²) >= 11 is 5.97. The monoisotopic (exact) mass is 368 g/mol. The minimum atomic E-state index is -0.296. The van der Waals surface area contributed by atoms with E-state index < -0.39 is 0 Å². The molecule has 1 aliphatic rings. The second-order valence-corrected chi connectivity index (χ2v) is 7.30. The van der Waals surface area contributed by atoms with Crippen molar-refractivity contribution in [1.29, 1.82) is 0 Å². The van der Waals surface area contributed by atoms with E-state index in [9.17, 15) is 9.59 Å². The van der Waals surface area contributed by atoms with E-state index in [4.69, 9.17) is 11.6 Å². The molecule has 2 aromatic rings. The standard InChI is InChI=1S/C21H21ClN2O2/c1-13(2)12-24-20(25)18(15-7-9-16(22)10-8-15)19(21(24)26)23-17-6-4-5-14(3)11-17/h4-11,13,23H,12H2,1-3H3. The van der Waals surface area contributed by atoms with Gasteiger partial charge < -0.3 is 5.32 Å². The Morgan fingerprint density at radius 1 is 1.04 bits per heavy atom. The number of rotatable bonds is 5. The van der Waals surface area contributed by atoms with Gasteiger partial charge in [-0.15, -0.1) is 0 Å². The third-order valence-electron chi connectivity index (χ3n) is 4.14. The third kappa shape index (κ3) is 3.65. The van der Waals surface area contributed by atoms with Gasteiger partial charge >= 0.3 is 0 Å². The minimum absolute atomic E-state index is 0.188. The van der Waals surface area contributed by atoms with Crippen molar-refractivity contribution >= 4 is 34.7 Å². The number of amides is 2. The second-order valence-electron chi connectivity index (χ2n) is 6.87. The van der Waals surface area contributed by atoms with Crippen LogP contribution in [-0.2, 0) is 9.59 Å². The Balaban J connectivity index is 2.06. The highest BCUT2D eigenvalue weighted by molar-refractivity contribution is 6.36. The summed E-state index contributed by atoms with van der Waals surface area (Å²) in [6.07, 6.45) is 0. The summed E-state index contributed by atoms with van der Waals surface area (Å²) in [6.45, 7) is 6.32. The maximum Gasteiger partial charge on any atom is 0.278 e. The Bertz CT molecular complexity index is 885. The maximum absolute atomic E-state index is 13.0. The first kappa shape index (κ1) is 18.2. The fourth-order valence-electron chi connectivity index (χ4n) is 2.97. The highest BCUT2D eigenvalue weighted by Gasteiger charge is 2.39. The Kier molecular flexibility index (Phi) is 5.14. The number of benzene rings is 2. The highest BCUT2D eigenvalue weighted by atomic mass is 35.5. The van der Waals surface area contributed by atoms with Gasteiger partial charge in [-0.25, -0.2) is 0 Å². The van der Waals surface area contributed by atoms with Gasteiger partial charge in [0.2, 0.25) is 0 Å². The van der Waals surface area contributed by atoms with Crippen molar-refractivity contribution in [2.45, 2.75) is 20.8 Å². The van der Waals surface area contributed by atoms with Gasteiger partial charge in [0.1, 0.15) is 5.70 Å². The van der Waals surface area contributed by atoms with Crippen molar-refractivity contribution in [3.8, 4) is 0 Å². The number of hydrogen-bond donors (Lipinski definition) is 1. The van der Waals surface area contributed by atoms with Gasteiger partial charge in [0.05, 0.1) is 5.57 Å². The molecule has 1 aliphatic heterocycles. The molecule has 0 radical (unpaired) electrons. The van der Waals surface area contributed by atoms with E-state index in [1.54, 1.807) is 24.3 Å². The van der Waals surface area contributed by atoms with Crippen LogP contribution in [0.15, 0.2) is 54.2 Å². The Morgan fingerprint density at radius 2 is 1.73 bits per heavy atom. The van der Waals surface area contributed by atoms with Crippen LogP contribution in [0.3, 0.4) is 0 Å². The molecule has 1 heterocycles. The SMILES string of the molecule is Cc1cccc(NC2=C(c3ccc(Cl)cc3)C(=O)N(CC(C)C)C2=O)c1. The van der Waals surface area contributed by atoms with E-state index in [-0.39, 0.29) is 17.7 Å². The number of nitrogens with one attached hydrogen (secondary N) is 1. The maximum atomic E-state index is 13.0. The average molecular weight is 369 g/mol. The number of aryl methyl sites for hydroxylation is 1. The lowest BCUT2D eigenvalue weighted by atomic mass is 10.0. The van der Waals surface area contributed by atoms with Crippen LogP contribution in [0.25, 0.3) is 5.57 Å². The van der Waals surface area contributed by atoms with Crippen molar-refractivity contribution in [2.75, 3.05) is 11.9 Å². The Hall–Kier alpha value is -2.59. The number of imide groups is 1. The smallest absolute Gasteiger partial charge is 0.278 e. The van der Waals surface area contributed by atoms with Crippen LogP contribution in [-0.4, -0.2) is 23.3 Å². The van der Waals surface area contributed by atoms with Crippen molar-refractivity contribution in [2.24, 2.45) is 5.92 Å². The molecular weight excluding hydrogens is 348 g/mol. The number of carbonyl (C=O) groups excluding carboxylic acids is 2. The molecule has 1 N–H and O–H groups in total. The van der Waals surface area contributed by atoms with Crippen molar-refractivity contribution in [3.05, 3.63) is 70.4 Å². The molecule has 5 heteroatoms. The van der Waals surface area contributed by atoms with Gasteiger partial charge in [-0.05, 0) is 48.2 Å². The molecule has 0 spiro atoms. The summed E-state index contributed by atoms with van der Waals surface area (Å²) in [6, 6.07) is 14.7. The Labute approximate surface area is 158 Å². The van der Waals surface area contributed by atoms with Crippen LogP contribution in [0.5, 0.6) is 0 Å². The summed E-state index contributed by atoms with van der Waals surface area (Å²) in [5.74, 6) is -0.385. The molecule has 26 heavy (non-hydrogen) atoms. The molecule has 0 aromatic heterocycles. The van der Waals surface area contributed by atoms with Crippen molar-refractivity contribution in [3.63, 3.8) is 0 Å². The number of halogens is 1. The van der Waals surface area contributed by atoms with Crippen LogP contribution < -0.4 is 5.32 Å². The molecular formula is C21H21ClN2O2. The summed E-state index contributed by atoms with van der Waals surface area (Å²) in [4.78, 5) is 27.2. The first-order chi connectivity index (χ1) is 12.4. The van der Waals surface area contributed by atoms with Crippen LogP contribution in [0, 0.1) is 12.8 Å². The van der Waals surface area contributed by atoms with Gasteiger partial charge in [-0.2, -0.15) is 0 Å². The zero-order chi connectivity index (χ0) is 18.8. The first-order valence-corrected chi connectivity index (χ1v) is 8.94. The van der Waals surface area contributed by atoms with Gasteiger partial charge in [-0.3, -0.25) is 14.5 Å².